The van der Waals surface area contributed by atoms with Crippen molar-refractivity contribution in [2.75, 3.05) is 5.32 Å². The summed E-state index contributed by atoms with van der Waals surface area (Å²) in [4.78, 5) is 10.1. The second kappa shape index (κ2) is 13.6. The molecule has 0 radical (unpaired) electrons. The molecule has 1 aromatic heterocycles. The quantitative estimate of drug-likeness (QED) is 0.176. The van der Waals surface area contributed by atoms with Crippen LogP contribution < -0.4 is 5.32 Å². The number of aliphatic imine (C=N–C) groups is 1. The molecule has 2 heterocycles. The van der Waals surface area contributed by atoms with E-state index in [4.69, 9.17) is 4.99 Å². The largest absolute Gasteiger partial charge is 0.360 e. The first-order chi connectivity index (χ1) is 26.7. The monoisotopic (exact) mass is 691 g/mol. The maximum atomic E-state index is 5.54. The van der Waals surface area contributed by atoms with Crippen LogP contribution in [-0.4, -0.2) is 10.7 Å². The van der Waals surface area contributed by atoms with Crippen molar-refractivity contribution in [1.82, 2.24) is 4.98 Å². The summed E-state index contributed by atoms with van der Waals surface area (Å²) in [6.07, 6.45) is 9.47. The molecule has 0 bridgehead atoms. The Morgan fingerprint density at radius 3 is 1.96 bits per heavy atom. The van der Waals surface area contributed by atoms with Gasteiger partial charge in [-0.3, -0.25) is 9.98 Å². The van der Waals surface area contributed by atoms with Crippen molar-refractivity contribution in [2.24, 2.45) is 4.99 Å². The Labute approximate surface area is 315 Å². The maximum absolute atomic E-state index is 5.54. The zero-order valence-electron chi connectivity index (χ0n) is 29.7. The highest BCUT2D eigenvalue weighted by atomic mass is 15.1. The van der Waals surface area contributed by atoms with Gasteiger partial charge in [0.05, 0.1) is 11.4 Å². The molecule has 7 aromatic carbocycles. The van der Waals surface area contributed by atoms with Gasteiger partial charge in [-0.2, -0.15) is 0 Å². The van der Waals surface area contributed by atoms with Gasteiger partial charge in [0.25, 0.3) is 0 Å². The molecule has 0 fully saturated rings. The Morgan fingerprint density at radius 1 is 0.537 bits per heavy atom. The molecule has 8 aromatic rings. The van der Waals surface area contributed by atoms with Crippen LogP contribution in [-0.2, 0) is 0 Å². The zero-order valence-corrected chi connectivity index (χ0v) is 29.7. The van der Waals surface area contributed by atoms with Crippen LogP contribution in [0.15, 0.2) is 205 Å². The summed E-state index contributed by atoms with van der Waals surface area (Å²) in [7, 11) is 0. The Balaban J connectivity index is 1.13. The first kappa shape index (κ1) is 31.9. The number of nitrogens with one attached hydrogen (secondary N) is 1. The van der Waals surface area contributed by atoms with Gasteiger partial charge in [-0.1, -0.05) is 146 Å². The SMILES string of the molecule is C1=CC(c2ccccc2)CC=C1C1=NC(c2cc(-c3ccc(-c4ccccn4)cc3)cc(-c3c4ccccc4cc4ccccc34)c2)Nc2ccccc21. The Morgan fingerprint density at radius 2 is 1.22 bits per heavy atom. The highest BCUT2D eigenvalue weighted by Crippen LogP contribution is 2.42. The van der Waals surface area contributed by atoms with E-state index < -0.39 is 0 Å². The van der Waals surface area contributed by atoms with Crippen LogP contribution in [0, 0.1) is 0 Å². The molecular weight excluding hydrogens is 655 g/mol. The number of fused-ring (bicyclic) bond motifs is 3. The topological polar surface area (TPSA) is 37.3 Å². The van der Waals surface area contributed by atoms with Gasteiger partial charge in [0.2, 0.25) is 0 Å². The second-order valence-corrected chi connectivity index (χ2v) is 14.2. The Kier molecular flexibility index (Phi) is 8.03. The van der Waals surface area contributed by atoms with E-state index >= 15 is 0 Å². The third-order valence-electron chi connectivity index (χ3n) is 10.8. The molecule has 0 saturated carbocycles. The molecule has 3 nitrogen and oxygen atoms in total. The third-order valence-corrected chi connectivity index (χ3v) is 10.8. The predicted molar refractivity (Wildman–Crippen MR) is 226 cm³/mol. The van der Waals surface area contributed by atoms with Crippen LogP contribution in [0.5, 0.6) is 0 Å². The second-order valence-electron chi connectivity index (χ2n) is 14.2. The van der Waals surface area contributed by atoms with E-state index in [0.29, 0.717) is 5.92 Å². The molecule has 3 heteroatoms. The molecule has 2 unspecified atom stereocenters. The van der Waals surface area contributed by atoms with E-state index in [-0.39, 0.29) is 6.17 Å². The number of rotatable bonds is 6. The van der Waals surface area contributed by atoms with Crippen molar-refractivity contribution in [2.45, 2.75) is 18.5 Å². The van der Waals surface area contributed by atoms with E-state index in [2.05, 4.69) is 186 Å². The zero-order chi connectivity index (χ0) is 35.8. The van der Waals surface area contributed by atoms with Gasteiger partial charge in [-0.05, 0) is 109 Å². The number of hydrogen-bond donors (Lipinski definition) is 1. The molecule has 0 saturated heterocycles. The number of anilines is 1. The van der Waals surface area contributed by atoms with Crippen LogP contribution in [0.4, 0.5) is 5.69 Å². The van der Waals surface area contributed by atoms with Crippen molar-refractivity contribution in [1.29, 1.82) is 0 Å². The Bertz CT molecular complexity index is 2710. The van der Waals surface area contributed by atoms with Crippen molar-refractivity contribution < 1.29 is 0 Å². The van der Waals surface area contributed by atoms with Crippen molar-refractivity contribution >= 4 is 32.9 Å². The summed E-state index contributed by atoms with van der Waals surface area (Å²) in [6, 6.07) is 61.0. The van der Waals surface area contributed by atoms with Gasteiger partial charge in [-0.25, -0.2) is 0 Å². The van der Waals surface area contributed by atoms with Gasteiger partial charge in [0.15, 0.2) is 0 Å². The first-order valence-corrected chi connectivity index (χ1v) is 18.7. The van der Waals surface area contributed by atoms with Crippen LogP contribution in [0.25, 0.3) is 55.1 Å². The first-order valence-electron chi connectivity index (χ1n) is 18.7. The van der Waals surface area contributed by atoms with Gasteiger partial charge in [0.1, 0.15) is 6.17 Å². The summed E-state index contributed by atoms with van der Waals surface area (Å²) in [5.41, 5.74) is 13.6. The molecule has 1 aliphatic carbocycles. The average Bonchev–Trinajstić information content (AvgIpc) is 3.25. The van der Waals surface area contributed by atoms with Crippen molar-refractivity contribution in [3.8, 4) is 33.5 Å². The fraction of sp³-hybridized carbons (Fsp3) is 0.0588. The smallest absolute Gasteiger partial charge is 0.145 e. The lowest BCUT2D eigenvalue weighted by atomic mass is 9.86. The van der Waals surface area contributed by atoms with E-state index in [1.54, 1.807) is 0 Å². The minimum Gasteiger partial charge on any atom is -0.360 e. The van der Waals surface area contributed by atoms with Crippen LogP contribution in [0.1, 0.15) is 35.2 Å². The fourth-order valence-electron chi connectivity index (χ4n) is 8.14. The lowest BCUT2D eigenvalue weighted by Gasteiger charge is -2.28. The van der Waals surface area contributed by atoms with Crippen LogP contribution in [0.2, 0.25) is 0 Å². The maximum Gasteiger partial charge on any atom is 0.145 e. The van der Waals surface area contributed by atoms with Gasteiger partial charge >= 0.3 is 0 Å². The number of hydrogen-bond acceptors (Lipinski definition) is 3. The summed E-state index contributed by atoms with van der Waals surface area (Å²) in [5.74, 6) is 0.363. The van der Waals surface area contributed by atoms with E-state index in [9.17, 15) is 0 Å². The molecule has 2 aliphatic rings. The van der Waals surface area contributed by atoms with Crippen molar-refractivity contribution in [3.63, 3.8) is 0 Å². The van der Waals surface area contributed by atoms with E-state index in [0.717, 1.165) is 51.3 Å². The standard InChI is InChI=1S/C51H37N3/c1-2-12-34(13-3-1)35-23-27-38(28-24-35)50-46-18-8-9-20-48(46)53-51(54-50)43-32-41(36-21-25-37(26-22-36)47-19-10-11-29-52-47)31-42(33-43)49-44-16-6-4-14-39(44)30-40-15-5-7-17-45(40)49/h1-23,25-33,35,51,53H,24H2. The minimum absolute atomic E-state index is 0.288. The summed E-state index contributed by atoms with van der Waals surface area (Å²) < 4.78 is 0. The molecule has 10 rings (SSSR count). The average molecular weight is 692 g/mol. The molecule has 0 amide bonds. The van der Waals surface area contributed by atoms with E-state index in [1.165, 1.54) is 43.8 Å². The number of benzene rings is 7. The molecular formula is C51H37N3. The molecule has 0 spiro atoms. The number of aromatic nitrogens is 1. The Hall–Kier alpha value is -6.84. The third kappa shape index (κ3) is 5.90. The van der Waals surface area contributed by atoms with Gasteiger partial charge < -0.3 is 5.32 Å². The lowest BCUT2D eigenvalue weighted by molar-refractivity contribution is 0.824. The highest BCUT2D eigenvalue weighted by Gasteiger charge is 2.26. The minimum atomic E-state index is -0.288. The van der Waals surface area contributed by atoms with E-state index in [1.807, 2.05) is 18.3 Å². The van der Waals surface area contributed by atoms with Gasteiger partial charge in [-0.15, -0.1) is 0 Å². The summed E-state index contributed by atoms with van der Waals surface area (Å²) in [6.45, 7) is 0. The molecule has 256 valence electrons. The molecule has 54 heavy (non-hydrogen) atoms. The fourth-order valence-corrected chi connectivity index (χ4v) is 8.14. The summed E-state index contributed by atoms with van der Waals surface area (Å²) in [5, 5.41) is 8.77. The van der Waals surface area contributed by atoms with Crippen LogP contribution >= 0.6 is 0 Å². The number of pyridine rings is 1. The number of nitrogens with zero attached hydrogens (tertiary/aromatic N) is 2. The van der Waals surface area contributed by atoms with Gasteiger partial charge in [0, 0.05) is 28.9 Å². The van der Waals surface area contributed by atoms with Crippen molar-refractivity contribution in [3.05, 3.63) is 217 Å². The number of para-hydroxylation sites is 1. The number of allylic oxidation sites excluding steroid dienone is 4. The normalized spacial score (nSPS) is 16.4. The molecule has 1 N–H and O–H groups in total. The van der Waals surface area contributed by atoms with Crippen LogP contribution in [0.3, 0.4) is 0 Å². The lowest BCUT2D eigenvalue weighted by Crippen LogP contribution is -2.21. The summed E-state index contributed by atoms with van der Waals surface area (Å²) >= 11 is 0. The molecule has 2 atom stereocenters. The highest BCUT2D eigenvalue weighted by molar-refractivity contribution is 6.18. The molecule has 1 aliphatic heterocycles. The predicted octanol–water partition coefficient (Wildman–Crippen LogP) is 13.0.